The van der Waals surface area contributed by atoms with E-state index in [0.29, 0.717) is 33.6 Å². The predicted octanol–water partition coefficient (Wildman–Crippen LogP) is 9.50. The molecule has 0 atom stereocenters. The van der Waals surface area contributed by atoms with Crippen molar-refractivity contribution in [3.63, 3.8) is 0 Å². The number of aryl methyl sites for hydroxylation is 4. The maximum absolute atomic E-state index is 14.2. The van der Waals surface area contributed by atoms with Crippen LogP contribution in [0.25, 0.3) is 38.6 Å². The molecule has 7 heteroatoms. The minimum absolute atomic E-state index is 0.315. The van der Waals surface area contributed by atoms with Gasteiger partial charge in [0.25, 0.3) is 11.8 Å². The molecule has 2 amide bonds. The molecule has 6 aromatic rings. The maximum atomic E-state index is 14.2. The zero-order valence-corrected chi connectivity index (χ0v) is 24.5. The summed E-state index contributed by atoms with van der Waals surface area (Å²) in [5.74, 6) is -0.764. The van der Waals surface area contributed by atoms with Gasteiger partial charge in [-0.15, -0.1) is 0 Å². The Hall–Kier alpha value is -5.17. The molecular weight excluding hydrogens is 561 g/mol. The summed E-state index contributed by atoms with van der Waals surface area (Å²) in [6.45, 7) is 7.46. The van der Waals surface area contributed by atoms with Gasteiger partial charge in [-0.05, 0) is 91.9 Å². The van der Waals surface area contributed by atoms with Gasteiger partial charge >= 0.3 is 6.18 Å². The number of fused-ring (bicyclic) bond motifs is 4. The quantitative estimate of drug-likeness (QED) is 0.193. The van der Waals surface area contributed by atoms with Crippen molar-refractivity contribution >= 4 is 39.3 Å². The van der Waals surface area contributed by atoms with Gasteiger partial charge in [0.1, 0.15) is 0 Å². The molecule has 0 unspecified atom stereocenters. The van der Waals surface area contributed by atoms with Crippen LogP contribution in [-0.2, 0) is 6.18 Å². The fourth-order valence-electron chi connectivity index (χ4n) is 6.83. The van der Waals surface area contributed by atoms with E-state index >= 15 is 0 Å². The fraction of sp³-hybridized carbons (Fsp3) is 0.135. The van der Waals surface area contributed by atoms with Crippen molar-refractivity contribution in [1.29, 1.82) is 0 Å². The van der Waals surface area contributed by atoms with Gasteiger partial charge < -0.3 is 4.57 Å². The van der Waals surface area contributed by atoms with Crippen molar-refractivity contribution in [1.82, 2.24) is 4.57 Å². The molecule has 218 valence electrons. The Morgan fingerprint density at radius 1 is 0.614 bits per heavy atom. The Kier molecular flexibility index (Phi) is 6.08. The Bertz CT molecular complexity index is 2180. The molecule has 1 aliphatic heterocycles. The van der Waals surface area contributed by atoms with E-state index < -0.39 is 17.6 Å². The number of rotatable bonds is 3. The molecule has 0 fully saturated rings. The van der Waals surface area contributed by atoms with Crippen LogP contribution in [0, 0.1) is 27.7 Å². The highest BCUT2D eigenvalue weighted by Gasteiger charge is 2.40. The second kappa shape index (κ2) is 9.67. The highest BCUT2D eigenvalue weighted by Crippen LogP contribution is 2.43. The number of hydrogen-bond donors (Lipinski definition) is 0. The molecule has 0 aliphatic carbocycles. The summed E-state index contributed by atoms with van der Waals surface area (Å²) in [5.41, 5.74) is 7.40. The number of amides is 2. The lowest BCUT2D eigenvalue weighted by Crippen LogP contribution is -2.31. The molecule has 0 bridgehead atoms. The fourth-order valence-corrected chi connectivity index (χ4v) is 6.83. The number of alkyl halides is 3. The lowest BCUT2D eigenvalue weighted by Gasteiger charge is -2.20. The van der Waals surface area contributed by atoms with Gasteiger partial charge in [0, 0.05) is 10.8 Å². The summed E-state index contributed by atoms with van der Waals surface area (Å²) in [6.07, 6.45) is -4.44. The first kappa shape index (κ1) is 27.7. The average Bonchev–Trinajstić information content (AvgIpc) is 3.44. The largest absolute Gasteiger partial charge is 0.416 e. The first-order chi connectivity index (χ1) is 21.0. The van der Waals surface area contributed by atoms with Crippen LogP contribution in [0.15, 0.2) is 91.0 Å². The van der Waals surface area contributed by atoms with Gasteiger partial charge in [0.2, 0.25) is 0 Å². The minimum Gasteiger partial charge on any atom is -0.308 e. The Morgan fingerprint density at radius 3 is 1.98 bits per heavy atom. The third-order valence-corrected chi connectivity index (χ3v) is 8.53. The Labute approximate surface area is 252 Å². The van der Waals surface area contributed by atoms with Crippen LogP contribution in [0.5, 0.6) is 0 Å². The summed E-state index contributed by atoms with van der Waals surface area (Å²) < 4.78 is 42.4. The van der Waals surface area contributed by atoms with E-state index in [1.807, 2.05) is 86.0 Å². The van der Waals surface area contributed by atoms with Crippen LogP contribution in [0.4, 0.5) is 18.9 Å². The van der Waals surface area contributed by atoms with Crippen LogP contribution in [-0.4, -0.2) is 16.4 Å². The minimum atomic E-state index is -4.44. The zero-order chi connectivity index (χ0) is 31.1. The van der Waals surface area contributed by atoms with Gasteiger partial charge in [-0.1, -0.05) is 60.2 Å². The number of para-hydroxylation sites is 1. The highest BCUT2D eigenvalue weighted by molar-refractivity contribution is 6.36. The summed E-state index contributed by atoms with van der Waals surface area (Å²) in [5, 5.41) is 1.73. The van der Waals surface area contributed by atoms with Crippen molar-refractivity contribution in [3.8, 4) is 16.8 Å². The van der Waals surface area contributed by atoms with Gasteiger partial charge in [0.15, 0.2) is 0 Å². The molecule has 7 rings (SSSR count). The van der Waals surface area contributed by atoms with Crippen molar-refractivity contribution in [2.45, 2.75) is 33.9 Å². The number of carbonyl (C=O) groups is 2. The number of imide groups is 1. The number of benzene rings is 5. The first-order valence-electron chi connectivity index (χ1n) is 14.3. The van der Waals surface area contributed by atoms with Gasteiger partial charge in [-0.2, -0.15) is 13.2 Å². The molecule has 2 heterocycles. The lowest BCUT2D eigenvalue weighted by molar-refractivity contribution is -0.137. The summed E-state index contributed by atoms with van der Waals surface area (Å²) in [6, 6.07) is 26.5. The molecule has 44 heavy (non-hydrogen) atoms. The van der Waals surface area contributed by atoms with Crippen molar-refractivity contribution in [2.75, 3.05) is 4.90 Å². The molecule has 5 aromatic carbocycles. The SMILES string of the molecule is Cc1cc(C)c(N2C(=O)c3cccc(-n4c5ccccc5c5c(-c6ccc(C(F)(F)F)cc6C)cccc54)c3C2=O)c(C)c1. The van der Waals surface area contributed by atoms with Crippen LogP contribution < -0.4 is 4.90 Å². The number of nitrogens with zero attached hydrogens (tertiary/aromatic N) is 2. The first-order valence-corrected chi connectivity index (χ1v) is 14.3. The number of carbonyl (C=O) groups excluding carboxylic acids is 2. The number of anilines is 1. The summed E-state index contributed by atoms with van der Waals surface area (Å²) in [4.78, 5) is 29.3. The van der Waals surface area contributed by atoms with E-state index in [1.165, 1.54) is 17.0 Å². The van der Waals surface area contributed by atoms with E-state index in [9.17, 15) is 22.8 Å². The summed E-state index contributed by atoms with van der Waals surface area (Å²) >= 11 is 0. The normalized spacial score (nSPS) is 13.4. The molecule has 1 aromatic heterocycles. The second-order valence-electron chi connectivity index (χ2n) is 11.5. The smallest absolute Gasteiger partial charge is 0.308 e. The molecule has 0 spiro atoms. The van der Waals surface area contributed by atoms with Gasteiger partial charge in [-0.3, -0.25) is 9.59 Å². The predicted molar refractivity (Wildman–Crippen MR) is 168 cm³/mol. The van der Waals surface area contributed by atoms with Crippen molar-refractivity contribution < 1.29 is 22.8 Å². The van der Waals surface area contributed by atoms with Crippen LogP contribution >= 0.6 is 0 Å². The third kappa shape index (κ3) is 3.99. The number of aromatic nitrogens is 1. The molecular formula is C37H27F3N2O2. The number of halogens is 3. The van der Waals surface area contributed by atoms with Crippen LogP contribution in [0.1, 0.15) is 48.5 Å². The maximum Gasteiger partial charge on any atom is 0.416 e. The number of hydrogen-bond acceptors (Lipinski definition) is 2. The standard InChI is InChI=1S/C37H27F3N2O2/c1-20-17-22(3)34(23(4)18-20)42-35(43)28-11-8-14-31(33(28)36(42)44)41-29-12-6-5-9-27(29)32-26(10-7-13-30(32)41)25-16-15-24(19-21(25)2)37(38,39)40/h5-19H,1-4H3. The average molecular weight is 589 g/mol. The van der Waals surface area contributed by atoms with E-state index in [-0.39, 0.29) is 5.91 Å². The molecule has 0 saturated carbocycles. The van der Waals surface area contributed by atoms with E-state index in [4.69, 9.17) is 0 Å². The van der Waals surface area contributed by atoms with Crippen LogP contribution in [0.3, 0.4) is 0 Å². The molecule has 0 radical (unpaired) electrons. The Morgan fingerprint density at radius 2 is 1.27 bits per heavy atom. The van der Waals surface area contributed by atoms with E-state index in [1.54, 1.807) is 19.1 Å². The van der Waals surface area contributed by atoms with E-state index in [2.05, 4.69) is 0 Å². The zero-order valence-electron chi connectivity index (χ0n) is 24.5. The van der Waals surface area contributed by atoms with Gasteiger partial charge in [0.05, 0.1) is 39.1 Å². The van der Waals surface area contributed by atoms with Crippen molar-refractivity contribution in [3.05, 3.63) is 130 Å². The van der Waals surface area contributed by atoms with Crippen molar-refractivity contribution in [2.24, 2.45) is 0 Å². The topological polar surface area (TPSA) is 42.3 Å². The van der Waals surface area contributed by atoms with Gasteiger partial charge in [-0.25, -0.2) is 4.90 Å². The monoisotopic (exact) mass is 588 g/mol. The molecule has 0 saturated heterocycles. The molecule has 4 nitrogen and oxygen atoms in total. The Balaban J connectivity index is 1.48. The van der Waals surface area contributed by atoms with Crippen LogP contribution in [0.2, 0.25) is 0 Å². The highest BCUT2D eigenvalue weighted by atomic mass is 19.4. The molecule has 0 N–H and O–H groups in total. The molecule has 1 aliphatic rings. The third-order valence-electron chi connectivity index (χ3n) is 8.53. The summed E-state index contributed by atoms with van der Waals surface area (Å²) in [7, 11) is 0. The lowest BCUT2D eigenvalue weighted by atomic mass is 9.94. The second-order valence-corrected chi connectivity index (χ2v) is 11.5. The van der Waals surface area contributed by atoms with E-state index in [0.717, 1.165) is 50.1 Å².